The molecular weight excluding hydrogens is 272 g/mol. The lowest BCUT2D eigenvalue weighted by Crippen LogP contribution is -2.37. The Balaban J connectivity index is 2.32. The lowest BCUT2D eigenvalue weighted by molar-refractivity contribution is -0.385. The van der Waals surface area contributed by atoms with Gasteiger partial charge in [0.05, 0.1) is 23.9 Å². The van der Waals surface area contributed by atoms with Gasteiger partial charge in [0.1, 0.15) is 12.2 Å². The van der Waals surface area contributed by atoms with E-state index in [-0.39, 0.29) is 11.4 Å². The number of aromatic nitrogens is 2. The van der Waals surface area contributed by atoms with E-state index in [0.717, 1.165) is 6.33 Å². The fourth-order valence-electron chi connectivity index (χ4n) is 1.94. The van der Waals surface area contributed by atoms with E-state index in [2.05, 4.69) is 15.3 Å². The van der Waals surface area contributed by atoms with Crippen molar-refractivity contribution in [3.8, 4) is 0 Å². The van der Waals surface area contributed by atoms with E-state index in [1.165, 1.54) is 6.08 Å². The zero-order chi connectivity index (χ0) is 14.9. The van der Waals surface area contributed by atoms with Crippen LogP contribution in [-0.4, -0.2) is 55.1 Å². The summed E-state index contributed by atoms with van der Waals surface area (Å²) in [4.78, 5) is 27.0. The van der Waals surface area contributed by atoms with Gasteiger partial charge in [-0.25, -0.2) is 4.98 Å². The van der Waals surface area contributed by atoms with Crippen molar-refractivity contribution in [3.63, 3.8) is 0 Å². The second kappa shape index (κ2) is 5.36. The Morgan fingerprint density at radius 1 is 1.50 bits per heavy atom. The number of aromatic amines is 1. The number of H-pyrrole nitrogens is 1. The molecule has 0 amide bonds. The van der Waals surface area contributed by atoms with Gasteiger partial charge >= 0.3 is 11.2 Å². The van der Waals surface area contributed by atoms with Crippen LogP contribution in [0.1, 0.15) is 0 Å². The Morgan fingerprint density at radius 3 is 2.75 bits per heavy atom. The molecule has 0 unspecified atom stereocenters. The number of nitro groups is 1. The quantitative estimate of drug-likeness (QED) is 0.243. The summed E-state index contributed by atoms with van der Waals surface area (Å²) in [5.41, 5.74) is -1.55. The van der Waals surface area contributed by atoms with Gasteiger partial charge in [-0.3, -0.25) is 14.9 Å². The van der Waals surface area contributed by atoms with Crippen LogP contribution in [0.3, 0.4) is 0 Å². The summed E-state index contributed by atoms with van der Waals surface area (Å²) < 4.78 is 0. The highest BCUT2D eigenvalue weighted by molar-refractivity contribution is 5.55. The molecule has 2 rings (SSSR count). The predicted octanol–water partition coefficient (Wildman–Crippen LogP) is -1.89. The Hall–Kier alpha value is -2.30. The average Bonchev–Trinajstić information content (AvgIpc) is 2.66. The van der Waals surface area contributed by atoms with Crippen LogP contribution in [0.5, 0.6) is 0 Å². The third-order valence-electron chi connectivity index (χ3n) is 2.96. The van der Waals surface area contributed by atoms with Crippen LogP contribution in [0, 0.1) is 10.1 Å². The summed E-state index contributed by atoms with van der Waals surface area (Å²) in [5.74, 6) is -0.328. The van der Waals surface area contributed by atoms with E-state index in [1.54, 1.807) is 0 Å². The van der Waals surface area contributed by atoms with Gasteiger partial charge in [-0.2, -0.15) is 0 Å². The average molecular weight is 284 g/mol. The van der Waals surface area contributed by atoms with Crippen molar-refractivity contribution in [3.05, 3.63) is 38.4 Å². The first kappa shape index (κ1) is 14.1. The molecule has 5 N–H and O–H groups in total. The fraction of sp³-hybridized carbons (Fsp3) is 0.400. The summed E-state index contributed by atoms with van der Waals surface area (Å²) in [6.45, 7) is -0.457. The monoisotopic (exact) mass is 284 g/mol. The number of nitrogens with zero attached hydrogens (tertiary/aromatic N) is 2. The number of anilines is 1. The number of hydrogen-bond acceptors (Lipinski definition) is 8. The topological polar surface area (TPSA) is 162 Å². The van der Waals surface area contributed by atoms with Gasteiger partial charge in [0.25, 0.3) is 0 Å². The number of aliphatic hydroxyl groups is 3. The van der Waals surface area contributed by atoms with Crippen molar-refractivity contribution in [1.29, 1.82) is 0 Å². The summed E-state index contributed by atoms with van der Waals surface area (Å²) in [5, 5.41) is 41.7. The number of nitrogens with one attached hydrogen (secondary N) is 2. The third-order valence-corrected chi connectivity index (χ3v) is 2.96. The molecule has 1 heterocycles. The lowest BCUT2D eigenvalue weighted by Gasteiger charge is -2.18. The first-order valence-corrected chi connectivity index (χ1v) is 5.62. The minimum Gasteiger partial charge on any atom is -0.392 e. The lowest BCUT2D eigenvalue weighted by atomic mass is 10.1. The van der Waals surface area contributed by atoms with Crippen molar-refractivity contribution in [2.75, 3.05) is 11.9 Å². The van der Waals surface area contributed by atoms with Crippen molar-refractivity contribution in [1.82, 2.24) is 9.97 Å². The Kier molecular flexibility index (Phi) is 3.79. The molecule has 0 spiro atoms. The Morgan fingerprint density at radius 2 is 2.20 bits per heavy atom. The van der Waals surface area contributed by atoms with Crippen molar-refractivity contribution < 1.29 is 20.2 Å². The van der Waals surface area contributed by atoms with E-state index >= 15 is 0 Å². The van der Waals surface area contributed by atoms with Gasteiger partial charge in [-0.05, 0) is 5.57 Å². The Labute approximate surface area is 111 Å². The largest absolute Gasteiger partial charge is 0.392 e. The highest BCUT2D eigenvalue weighted by atomic mass is 16.6. The summed E-state index contributed by atoms with van der Waals surface area (Å²) in [7, 11) is 0. The summed E-state index contributed by atoms with van der Waals surface area (Å²) in [6.07, 6.45) is -0.273. The molecule has 108 valence electrons. The van der Waals surface area contributed by atoms with Crippen molar-refractivity contribution in [2.24, 2.45) is 0 Å². The molecule has 0 saturated heterocycles. The summed E-state index contributed by atoms with van der Waals surface area (Å²) >= 11 is 0. The predicted molar refractivity (Wildman–Crippen MR) is 66.1 cm³/mol. The maximum absolute atomic E-state index is 11.4. The van der Waals surface area contributed by atoms with Gasteiger partial charge in [0.2, 0.25) is 5.82 Å². The molecule has 0 aliphatic heterocycles. The van der Waals surface area contributed by atoms with Crippen molar-refractivity contribution >= 4 is 11.5 Å². The highest BCUT2D eigenvalue weighted by Gasteiger charge is 2.35. The maximum atomic E-state index is 11.4. The van der Waals surface area contributed by atoms with Gasteiger partial charge in [0, 0.05) is 0 Å². The molecule has 0 aromatic carbocycles. The van der Waals surface area contributed by atoms with E-state index in [1.807, 2.05) is 0 Å². The zero-order valence-corrected chi connectivity index (χ0v) is 10.1. The number of aliphatic hydroxyl groups excluding tert-OH is 3. The molecule has 0 fully saturated rings. The number of hydrogen-bond donors (Lipinski definition) is 5. The standard InChI is InChI=1S/C10H12N4O6/c15-2-4-1-5(8(17)7(4)16)13-9-6(14(19)20)10(18)12-3-11-9/h1,3,5,7-8,15-17H,2H2,(H2,11,12,13,18)/t5-,7-,8+/m1/s1. The maximum Gasteiger partial charge on any atom is 0.375 e. The third kappa shape index (κ3) is 2.39. The van der Waals surface area contributed by atoms with Crippen LogP contribution in [0.25, 0.3) is 0 Å². The molecule has 1 aliphatic rings. The normalized spacial score (nSPS) is 25.4. The first-order chi connectivity index (χ1) is 9.45. The smallest absolute Gasteiger partial charge is 0.375 e. The minimum atomic E-state index is -1.31. The second-order valence-corrected chi connectivity index (χ2v) is 4.19. The molecule has 1 aromatic rings. The highest BCUT2D eigenvalue weighted by Crippen LogP contribution is 2.24. The molecule has 1 aromatic heterocycles. The van der Waals surface area contributed by atoms with Gasteiger partial charge < -0.3 is 25.6 Å². The van der Waals surface area contributed by atoms with Crippen LogP contribution >= 0.6 is 0 Å². The molecule has 10 nitrogen and oxygen atoms in total. The van der Waals surface area contributed by atoms with Crippen LogP contribution in [-0.2, 0) is 0 Å². The molecular formula is C10H12N4O6. The van der Waals surface area contributed by atoms with E-state index in [0.29, 0.717) is 0 Å². The zero-order valence-electron chi connectivity index (χ0n) is 10.1. The van der Waals surface area contributed by atoms with E-state index in [4.69, 9.17) is 5.11 Å². The van der Waals surface area contributed by atoms with E-state index in [9.17, 15) is 25.1 Å². The number of rotatable bonds is 4. The van der Waals surface area contributed by atoms with Gasteiger partial charge in [-0.15, -0.1) is 0 Å². The molecule has 20 heavy (non-hydrogen) atoms. The van der Waals surface area contributed by atoms with Gasteiger partial charge in [-0.1, -0.05) is 6.08 Å². The van der Waals surface area contributed by atoms with Gasteiger partial charge in [0.15, 0.2) is 0 Å². The molecule has 0 bridgehead atoms. The molecule has 3 atom stereocenters. The Bertz CT molecular complexity index is 612. The first-order valence-electron chi connectivity index (χ1n) is 5.62. The molecule has 10 heteroatoms. The van der Waals surface area contributed by atoms with Crippen LogP contribution in [0.4, 0.5) is 11.5 Å². The van der Waals surface area contributed by atoms with Crippen LogP contribution in [0.2, 0.25) is 0 Å². The van der Waals surface area contributed by atoms with E-state index < -0.39 is 41.0 Å². The summed E-state index contributed by atoms with van der Waals surface area (Å²) in [6, 6.07) is -0.903. The second-order valence-electron chi connectivity index (χ2n) is 4.19. The molecule has 0 saturated carbocycles. The molecule has 1 aliphatic carbocycles. The fourth-order valence-corrected chi connectivity index (χ4v) is 1.94. The van der Waals surface area contributed by atoms with Crippen molar-refractivity contribution in [2.45, 2.75) is 18.2 Å². The SMILES string of the molecule is O=c1[nH]cnc(N[C@@H]2C=C(CO)[C@@H](O)[C@H]2O)c1[N+](=O)[O-]. The van der Waals surface area contributed by atoms with Crippen LogP contribution < -0.4 is 10.9 Å². The van der Waals surface area contributed by atoms with Crippen LogP contribution in [0.15, 0.2) is 22.8 Å². The molecule has 0 radical (unpaired) electrons. The minimum absolute atomic E-state index is 0.183.